The predicted octanol–water partition coefficient (Wildman–Crippen LogP) is 6.12. The van der Waals surface area contributed by atoms with E-state index in [1.54, 1.807) is 28.0 Å². The van der Waals surface area contributed by atoms with Crippen molar-refractivity contribution in [1.29, 1.82) is 0 Å². The summed E-state index contributed by atoms with van der Waals surface area (Å²) in [6.45, 7) is 4.26. The number of nitrogens with zero attached hydrogens (tertiary/aromatic N) is 2. The molecule has 0 atom stereocenters. The summed E-state index contributed by atoms with van der Waals surface area (Å²) < 4.78 is 1.74. The zero-order chi connectivity index (χ0) is 19.0. The number of hydrogen-bond donors (Lipinski definition) is 0. The fraction of sp³-hybridized carbons (Fsp3) is 0.300. The smallest absolute Gasteiger partial charge is 0.263 e. The Morgan fingerprint density at radius 3 is 2.85 bits per heavy atom. The average Bonchev–Trinajstić information content (AvgIpc) is 3.04. The number of thioether (sulfide) groups is 1. The van der Waals surface area contributed by atoms with Crippen molar-refractivity contribution in [3.05, 3.63) is 67.3 Å². The quantitative estimate of drug-likeness (QED) is 0.274. The zero-order valence-corrected chi connectivity index (χ0v) is 17.8. The lowest BCUT2D eigenvalue weighted by Gasteiger charge is -2.12. The van der Waals surface area contributed by atoms with E-state index >= 15 is 0 Å². The van der Waals surface area contributed by atoms with Crippen LogP contribution in [0.1, 0.15) is 28.8 Å². The summed E-state index contributed by atoms with van der Waals surface area (Å²) in [6.07, 6.45) is 6.13. The van der Waals surface area contributed by atoms with Gasteiger partial charge in [-0.3, -0.25) is 9.36 Å². The Balaban J connectivity index is 1.74. The van der Waals surface area contributed by atoms with E-state index in [2.05, 4.69) is 6.58 Å². The van der Waals surface area contributed by atoms with Crippen molar-refractivity contribution in [3.8, 4) is 0 Å². The van der Waals surface area contributed by atoms with Crippen molar-refractivity contribution in [2.45, 2.75) is 43.1 Å². The van der Waals surface area contributed by atoms with Gasteiger partial charge in [0.2, 0.25) is 0 Å². The van der Waals surface area contributed by atoms with Crippen molar-refractivity contribution < 1.29 is 0 Å². The zero-order valence-electron chi connectivity index (χ0n) is 14.6. The van der Waals surface area contributed by atoms with E-state index in [0.29, 0.717) is 22.3 Å². The Morgan fingerprint density at radius 1 is 1.26 bits per heavy atom. The van der Waals surface area contributed by atoms with Crippen LogP contribution in [-0.4, -0.2) is 9.55 Å². The number of hydrogen-bond acceptors (Lipinski definition) is 4. The largest absolute Gasteiger partial charge is 0.283 e. The molecule has 140 valence electrons. The number of fused-ring (bicyclic) bond motifs is 3. The van der Waals surface area contributed by atoms with Crippen molar-refractivity contribution in [3.63, 3.8) is 0 Å². The highest BCUT2D eigenvalue weighted by molar-refractivity contribution is 7.98. The molecule has 3 aromatic rings. The number of halogens is 2. The van der Waals surface area contributed by atoms with Crippen LogP contribution in [0.4, 0.5) is 0 Å². The molecule has 1 aliphatic rings. The van der Waals surface area contributed by atoms with Gasteiger partial charge < -0.3 is 0 Å². The van der Waals surface area contributed by atoms with Crippen molar-refractivity contribution in [2.24, 2.45) is 0 Å². The molecule has 0 bridgehead atoms. The molecule has 0 fully saturated rings. The molecule has 0 amide bonds. The number of thiophene rings is 1. The van der Waals surface area contributed by atoms with Crippen LogP contribution in [-0.2, 0) is 25.1 Å². The summed E-state index contributed by atoms with van der Waals surface area (Å²) in [4.78, 5) is 20.3. The van der Waals surface area contributed by atoms with E-state index in [-0.39, 0.29) is 5.56 Å². The van der Waals surface area contributed by atoms with Gasteiger partial charge in [-0.25, -0.2) is 4.98 Å². The van der Waals surface area contributed by atoms with Gasteiger partial charge in [0.25, 0.3) is 5.56 Å². The lowest BCUT2D eigenvalue weighted by Crippen LogP contribution is -2.23. The highest BCUT2D eigenvalue weighted by Crippen LogP contribution is 2.35. The molecule has 2 heterocycles. The third-order valence-corrected chi connectivity index (χ3v) is 7.68. The highest BCUT2D eigenvalue weighted by Gasteiger charge is 2.22. The molecule has 7 heteroatoms. The van der Waals surface area contributed by atoms with E-state index in [9.17, 15) is 4.79 Å². The Morgan fingerprint density at radius 2 is 2.07 bits per heavy atom. The molecule has 0 spiro atoms. The minimum atomic E-state index is 0.0518. The highest BCUT2D eigenvalue weighted by atomic mass is 35.5. The van der Waals surface area contributed by atoms with Gasteiger partial charge in [-0.2, -0.15) is 0 Å². The Hall–Kier alpha value is -1.27. The number of aryl methyl sites for hydroxylation is 2. The van der Waals surface area contributed by atoms with Crippen LogP contribution >= 0.6 is 46.3 Å². The van der Waals surface area contributed by atoms with Gasteiger partial charge in [0, 0.05) is 17.2 Å². The molecule has 0 saturated carbocycles. The van der Waals surface area contributed by atoms with Gasteiger partial charge in [-0.15, -0.1) is 17.9 Å². The summed E-state index contributed by atoms with van der Waals surface area (Å²) in [5.74, 6) is 0.664. The summed E-state index contributed by atoms with van der Waals surface area (Å²) >= 11 is 15.3. The third-order valence-electron chi connectivity index (χ3n) is 4.70. The topological polar surface area (TPSA) is 34.9 Å². The summed E-state index contributed by atoms with van der Waals surface area (Å²) in [6, 6.07) is 5.59. The maximum atomic E-state index is 13.2. The molecule has 4 rings (SSSR count). The molecule has 0 aliphatic heterocycles. The van der Waals surface area contributed by atoms with Gasteiger partial charge in [-0.1, -0.05) is 47.1 Å². The summed E-state index contributed by atoms with van der Waals surface area (Å²) in [5, 5.41) is 2.61. The van der Waals surface area contributed by atoms with Crippen LogP contribution in [0.2, 0.25) is 10.0 Å². The second kappa shape index (κ2) is 8.00. The average molecular weight is 437 g/mol. The van der Waals surface area contributed by atoms with Crippen LogP contribution < -0.4 is 5.56 Å². The fourth-order valence-corrected chi connectivity index (χ4v) is 5.97. The number of rotatable bonds is 5. The first-order valence-corrected chi connectivity index (χ1v) is 11.4. The lowest BCUT2D eigenvalue weighted by atomic mass is 9.97. The first-order chi connectivity index (χ1) is 13.1. The van der Waals surface area contributed by atoms with Gasteiger partial charge >= 0.3 is 0 Å². The van der Waals surface area contributed by atoms with Crippen LogP contribution in [0, 0.1) is 0 Å². The lowest BCUT2D eigenvalue weighted by molar-refractivity contribution is 0.668. The second-order valence-electron chi connectivity index (χ2n) is 6.53. The fourth-order valence-electron chi connectivity index (χ4n) is 3.40. The number of aromatic nitrogens is 2. The van der Waals surface area contributed by atoms with E-state index in [4.69, 9.17) is 28.2 Å². The van der Waals surface area contributed by atoms with Crippen molar-refractivity contribution in [2.75, 3.05) is 0 Å². The monoisotopic (exact) mass is 436 g/mol. The standard InChI is InChI=1S/C20H18Cl2N2OS2/c1-2-9-24-19(25)17-13-5-3-4-6-16(13)27-18(17)23-20(24)26-11-12-7-8-14(21)15(22)10-12/h2,7-8,10H,1,3-6,9,11H2. The maximum absolute atomic E-state index is 13.2. The van der Waals surface area contributed by atoms with E-state index < -0.39 is 0 Å². The molecule has 0 unspecified atom stereocenters. The molecule has 0 saturated heterocycles. The molecular weight excluding hydrogens is 419 g/mol. The Kier molecular flexibility index (Phi) is 5.65. The summed E-state index contributed by atoms with van der Waals surface area (Å²) in [7, 11) is 0. The van der Waals surface area contributed by atoms with Crippen molar-refractivity contribution in [1.82, 2.24) is 9.55 Å². The molecular formula is C20H18Cl2N2OS2. The second-order valence-corrected chi connectivity index (χ2v) is 9.37. The van der Waals surface area contributed by atoms with Gasteiger partial charge in [-0.05, 0) is 48.9 Å². The van der Waals surface area contributed by atoms with E-state index in [1.165, 1.54) is 28.6 Å². The molecule has 1 aliphatic carbocycles. The van der Waals surface area contributed by atoms with Gasteiger partial charge in [0.15, 0.2) is 5.16 Å². The molecule has 1 aromatic carbocycles. The van der Waals surface area contributed by atoms with E-state index in [1.807, 2.05) is 12.1 Å². The molecule has 3 nitrogen and oxygen atoms in total. The molecule has 27 heavy (non-hydrogen) atoms. The van der Waals surface area contributed by atoms with Crippen LogP contribution in [0.25, 0.3) is 10.2 Å². The summed E-state index contributed by atoms with van der Waals surface area (Å²) in [5.41, 5.74) is 2.31. The Bertz CT molecular complexity index is 1090. The maximum Gasteiger partial charge on any atom is 0.263 e. The number of benzene rings is 1. The third kappa shape index (κ3) is 3.70. The van der Waals surface area contributed by atoms with Crippen LogP contribution in [0.5, 0.6) is 0 Å². The molecule has 0 N–H and O–H groups in total. The molecule has 0 radical (unpaired) electrons. The SMILES string of the molecule is C=CCn1c(SCc2ccc(Cl)c(Cl)c2)nc2sc3c(c2c1=O)CCCC3. The van der Waals surface area contributed by atoms with Crippen LogP contribution in [0.15, 0.2) is 40.8 Å². The Labute approximate surface area is 176 Å². The van der Waals surface area contributed by atoms with Crippen molar-refractivity contribution >= 4 is 56.5 Å². The first kappa shape index (κ1) is 19.1. The van der Waals surface area contributed by atoms with Crippen LogP contribution in [0.3, 0.4) is 0 Å². The normalized spacial score (nSPS) is 13.7. The van der Waals surface area contributed by atoms with Gasteiger partial charge in [0.1, 0.15) is 4.83 Å². The predicted molar refractivity (Wildman–Crippen MR) is 117 cm³/mol. The number of allylic oxidation sites excluding steroid dienone is 1. The first-order valence-electron chi connectivity index (χ1n) is 8.81. The van der Waals surface area contributed by atoms with Gasteiger partial charge in [0.05, 0.1) is 15.4 Å². The minimum absolute atomic E-state index is 0.0518. The molecule has 2 aromatic heterocycles. The van der Waals surface area contributed by atoms with E-state index in [0.717, 1.165) is 40.2 Å². The minimum Gasteiger partial charge on any atom is -0.283 e.